The molecule has 0 saturated heterocycles. The third kappa shape index (κ3) is 6.19. The minimum absolute atomic E-state index is 0.307. The molecule has 2 heteroatoms. The van der Waals surface area contributed by atoms with Crippen LogP contribution in [0.3, 0.4) is 0 Å². The van der Waals surface area contributed by atoms with E-state index in [0.717, 1.165) is 13.1 Å². The van der Waals surface area contributed by atoms with E-state index in [-0.39, 0.29) is 0 Å². The average Bonchev–Trinajstić information content (AvgIpc) is 2.19. The molecule has 0 aromatic carbocycles. The second-order valence-corrected chi connectivity index (χ2v) is 7.85. The number of hydrogen-bond acceptors (Lipinski definition) is 2. The first-order chi connectivity index (χ1) is 8.00. The molecule has 0 rings (SSSR count). The highest BCUT2D eigenvalue weighted by Crippen LogP contribution is 2.26. The summed E-state index contributed by atoms with van der Waals surface area (Å²) in [4.78, 5) is 2.50. The summed E-state index contributed by atoms with van der Waals surface area (Å²) in [6.07, 6.45) is 1.20. The summed E-state index contributed by atoms with van der Waals surface area (Å²) in [6, 6.07) is 1.14. The lowest BCUT2D eigenvalue weighted by Gasteiger charge is -2.41. The summed E-state index contributed by atoms with van der Waals surface area (Å²) in [5.74, 6) is 0. The van der Waals surface area contributed by atoms with Crippen molar-refractivity contribution >= 4 is 0 Å². The molecule has 0 fully saturated rings. The lowest BCUT2D eigenvalue weighted by molar-refractivity contribution is 0.104. The van der Waals surface area contributed by atoms with Crippen molar-refractivity contribution in [1.29, 1.82) is 0 Å². The van der Waals surface area contributed by atoms with Gasteiger partial charge in [0.05, 0.1) is 0 Å². The van der Waals surface area contributed by atoms with Crippen molar-refractivity contribution < 1.29 is 0 Å². The number of nitrogens with zero attached hydrogens (tertiary/aromatic N) is 1. The zero-order valence-electron chi connectivity index (χ0n) is 14.2. The molecular weight excluding hydrogens is 220 g/mol. The topological polar surface area (TPSA) is 15.3 Å². The normalized spacial score (nSPS) is 17.0. The third-order valence-electron chi connectivity index (χ3n) is 4.07. The van der Waals surface area contributed by atoms with E-state index in [4.69, 9.17) is 0 Å². The summed E-state index contributed by atoms with van der Waals surface area (Å²) < 4.78 is 0. The van der Waals surface area contributed by atoms with Crippen LogP contribution in [0.5, 0.6) is 0 Å². The van der Waals surface area contributed by atoms with Gasteiger partial charge in [-0.25, -0.2) is 0 Å². The highest BCUT2D eigenvalue weighted by atomic mass is 15.2. The smallest absolute Gasteiger partial charge is 0.0243 e. The van der Waals surface area contributed by atoms with Gasteiger partial charge in [-0.1, -0.05) is 48.5 Å². The first-order valence-corrected chi connectivity index (χ1v) is 7.43. The van der Waals surface area contributed by atoms with Crippen LogP contribution in [0.2, 0.25) is 0 Å². The average molecular weight is 256 g/mol. The predicted octanol–water partition coefficient (Wildman–Crippen LogP) is 3.77. The Balaban J connectivity index is 4.58. The van der Waals surface area contributed by atoms with Gasteiger partial charge >= 0.3 is 0 Å². The van der Waals surface area contributed by atoms with E-state index < -0.39 is 0 Å². The van der Waals surface area contributed by atoms with Gasteiger partial charge in [0.25, 0.3) is 0 Å². The molecule has 0 aliphatic rings. The molecule has 0 amide bonds. The van der Waals surface area contributed by atoms with Crippen molar-refractivity contribution in [2.75, 3.05) is 20.1 Å². The van der Waals surface area contributed by atoms with Gasteiger partial charge in [0.15, 0.2) is 0 Å². The Hall–Kier alpha value is -0.0800. The van der Waals surface area contributed by atoms with Gasteiger partial charge in [-0.15, -0.1) is 0 Å². The largest absolute Gasteiger partial charge is 0.312 e. The lowest BCUT2D eigenvalue weighted by Crippen LogP contribution is -2.51. The Morgan fingerprint density at radius 3 is 1.83 bits per heavy atom. The van der Waals surface area contributed by atoms with Gasteiger partial charge in [0.2, 0.25) is 0 Å². The predicted molar refractivity (Wildman–Crippen MR) is 83.1 cm³/mol. The molecule has 0 spiro atoms. The summed E-state index contributed by atoms with van der Waals surface area (Å²) in [5, 5.41) is 3.70. The first-order valence-electron chi connectivity index (χ1n) is 7.43. The van der Waals surface area contributed by atoms with Gasteiger partial charge in [0.1, 0.15) is 0 Å². The maximum atomic E-state index is 3.70. The zero-order valence-corrected chi connectivity index (χ0v) is 14.2. The Morgan fingerprint density at radius 2 is 1.50 bits per heavy atom. The van der Waals surface area contributed by atoms with E-state index in [1.807, 2.05) is 0 Å². The molecule has 1 N–H and O–H groups in total. The standard InChI is InChI=1S/C16H36N2/c1-10-11-17-14(16(6,7)8)12-18(9)13(2)15(3,4)5/h13-14,17H,10-12H2,1-9H3. The van der Waals surface area contributed by atoms with Crippen LogP contribution in [-0.4, -0.2) is 37.1 Å². The lowest BCUT2D eigenvalue weighted by atomic mass is 9.83. The van der Waals surface area contributed by atoms with Gasteiger partial charge < -0.3 is 10.2 Å². The molecule has 0 aliphatic carbocycles. The summed E-state index contributed by atoms with van der Waals surface area (Å²) in [7, 11) is 2.25. The quantitative estimate of drug-likeness (QED) is 0.778. The summed E-state index contributed by atoms with van der Waals surface area (Å²) >= 11 is 0. The highest BCUT2D eigenvalue weighted by Gasteiger charge is 2.29. The Morgan fingerprint density at radius 1 is 1.00 bits per heavy atom. The molecule has 0 heterocycles. The molecule has 0 radical (unpaired) electrons. The minimum atomic E-state index is 0.307. The fourth-order valence-electron chi connectivity index (χ4n) is 2.07. The second-order valence-electron chi connectivity index (χ2n) is 7.85. The van der Waals surface area contributed by atoms with E-state index in [1.54, 1.807) is 0 Å². The van der Waals surface area contributed by atoms with Gasteiger partial charge in [0, 0.05) is 18.6 Å². The molecule has 110 valence electrons. The highest BCUT2D eigenvalue weighted by molar-refractivity contribution is 4.86. The maximum absolute atomic E-state index is 3.70. The van der Waals surface area contributed by atoms with Crippen LogP contribution in [0, 0.1) is 10.8 Å². The fraction of sp³-hybridized carbons (Fsp3) is 1.00. The van der Waals surface area contributed by atoms with Crippen LogP contribution in [-0.2, 0) is 0 Å². The molecule has 2 unspecified atom stereocenters. The van der Waals surface area contributed by atoms with Gasteiger partial charge in [-0.3, -0.25) is 0 Å². The number of likely N-dealkylation sites (N-methyl/N-ethyl adjacent to an activating group) is 1. The van der Waals surface area contributed by atoms with Crippen molar-refractivity contribution in [3.8, 4) is 0 Å². The van der Waals surface area contributed by atoms with Crippen LogP contribution in [0.15, 0.2) is 0 Å². The molecule has 0 aromatic heterocycles. The molecule has 0 aromatic rings. The third-order valence-corrected chi connectivity index (χ3v) is 4.07. The Labute approximate surface area is 116 Å². The molecule has 2 nitrogen and oxygen atoms in total. The van der Waals surface area contributed by atoms with Crippen molar-refractivity contribution in [2.24, 2.45) is 10.8 Å². The first kappa shape index (κ1) is 17.9. The van der Waals surface area contributed by atoms with E-state index in [9.17, 15) is 0 Å². The summed E-state index contributed by atoms with van der Waals surface area (Å²) in [6.45, 7) is 20.7. The summed E-state index contributed by atoms with van der Waals surface area (Å²) in [5.41, 5.74) is 0.642. The van der Waals surface area contributed by atoms with Crippen LogP contribution >= 0.6 is 0 Å². The van der Waals surface area contributed by atoms with Crippen molar-refractivity contribution in [2.45, 2.75) is 73.9 Å². The van der Waals surface area contributed by atoms with Crippen LogP contribution in [0.1, 0.15) is 61.8 Å². The van der Waals surface area contributed by atoms with E-state index in [2.05, 4.69) is 72.7 Å². The van der Waals surface area contributed by atoms with Gasteiger partial charge in [-0.05, 0) is 37.8 Å². The number of hydrogen-bond donors (Lipinski definition) is 1. The van der Waals surface area contributed by atoms with Crippen molar-refractivity contribution in [3.63, 3.8) is 0 Å². The van der Waals surface area contributed by atoms with Crippen LogP contribution in [0.25, 0.3) is 0 Å². The maximum Gasteiger partial charge on any atom is 0.0243 e. The van der Waals surface area contributed by atoms with E-state index >= 15 is 0 Å². The second kappa shape index (κ2) is 6.91. The zero-order chi connectivity index (χ0) is 14.6. The minimum Gasteiger partial charge on any atom is -0.312 e. The van der Waals surface area contributed by atoms with Crippen LogP contribution < -0.4 is 5.32 Å². The van der Waals surface area contributed by atoms with E-state index in [0.29, 0.717) is 22.9 Å². The molecule has 0 saturated carbocycles. The monoisotopic (exact) mass is 256 g/mol. The number of rotatable bonds is 6. The fourth-order valence-corrected chi connectivity index (χ4v) is 2.07. The van der Waals surface area contributed by atoms with Crippen LogP contribution in [0.4, 0.5) is 0 Å². The van der Waals surface area contributed by atoms with E-state index in [1.165, 1.54) is 6.42 Å². The Bertz CT molecular complexity index is 222. The number of nitrogens with one attached hydrogen (secondary N) is 1. The van der Waals surface area contributed by atoms with Gasteiger partial charge in [-0.2, -0.15) is 0 Å². The molecule has 18 heavy (non-hydrogen) atoms. The SMILES string of the molecule is CCCNC(CN(C)C(C)C(C)(C)C)C(C)(C)C. The molecule has 0 aliphatic heterocycles. The Kier molecular flexibility index (Phi) is 6.87. The molecule has 2 atom stereocenters. The van der Waals surface area contributed by atoms with Crippen molar-refractivity contribution in [3.05, 3.63) is 0 Å². The molecular formula is C16H36N2. The molecule has 0 bridgehead atoms. The van der Waals surface area contributed by atoms with Crippen molar-refractivity contribution in [1.82, 2.24) is 10.2 Å².